The summed E-state index contributed by atoms with van der Waals surface area (Å²) in [4.78, 5) is 18.3. The minimum Gasteiger partial charge on any atom is -0.383 e. The third kappa shape index (κ3) is 9.03. The SMILES string of the molecule is CC(C)OP(=O)(CO[C@@H](CCN=[N+]=[N-])Cn1ccc(N)nc1=O)OC(C)C. The van der Waals surface area contributed by atoms with Gasteiger partial charge in [-0.25, -0.2) is 4.79 Å². The third-order valence-corrected chi connectivity index (χ3v) is 5.07. The molecule has 1 aromatic heterocycles. The number of ether oxygens (including phenoxy) is 1. The van der Waals surface area contributed by atoms with Crippen LogP contribution >= 0.6 is 7.60 Å². The van der Waals surface area contributed by atoms with E-state index in [0.29, 0.717) is 6.42 Å². The molecule has 0 fully saturated rings. The Kier molecular flexibility index (Phi) is 9.48. The molecular formula is C15H27N6O5P. The van der Waals surface area contributed by atoms with E-state index in [9.17, 15) is 9.36 Å². The van der Waals surface area contributed by atoms with Gasteiger partial charge in [-0.3, -0.25) is 9.13 Å². The number of nitrogens with two attached hydrogens (primary N) is 1. The largest absolute Gasteiger partial charge is 0.383 e. The van der Waals surface area contributed by atoms with Crippen LogP contribution in [0.1, 0.15) is 34.1 Å². The van der Waals surface area contributed by atoms with Crippen molar-refractivity contribution in [3.8, 4) is 0 Å². The highest BCUT2D eigenvalue weighted by molar-refractivity contribution is 7.53. The van der Waals surface area contributed by atoms with Gasteiger partial charge in [-0.1, -0.05) is 5.11 Å². The summed E-state index contributed by atoms with van der Waals surface area (Å²) in [5.41, 5.74) is 13.4. The maximum atomic E-state index is 12.9. The molecule has 1 heterocycles. The Labute approximate surface area is 158 Å². The molecular weight excluding hydrogens is 375 g/mol. The maximum Gasteiger partial charge on any atom is 0.356 e. The van der Waals surface area contributed by atoms with Gasteiger partial charge in [0.15, 0.2) is 0 Å². The van der Waals surface area contributed by atoms with E-state index in [2.05, 4.69) is 15.0 Å². The number of rotatable bonds is 12. The smallest absolute Gasteiger partial charge is 0.356 e. The van der Waals surface area contributed by atoms with Crippen molar-refractivity contribution in [2.45, 2.75) is 59.0 Å². The number of azide groups is 1. The Morgan fingerprint density at radius 1 is 1.33 bits per heavy atom. The molecule has 0 aliphatic heterocycles. The number of aromatic nitrogens is 2. The van der Waals surface area contributed by atoms with Gasteiger partial charge in [-0.05, 0) is 45.7 Å². The van der Waals surface area contributed by atoms with E-state index in [1.165, 1.54) is 16.8 Å². The number of hydrogen-bond donors (Lipinski definition) is 1. The first-order valence-corrected chi connectivity index (χ1v) is 10.3. The molecule has 0 amide bonds. The maximum absolute atomic E-state index is 12.9. The van der Waals surface area contributed by atoms with Gasteiger partial charge in [0.1, 0.15) is 12.2 Å². The first-order valence-electron chi connectivity index (χ1n) is 8.56. The Morgan fingerprint density at radius 2 is 1.96 bits per heavy atom. The highest BCUT2D eigenvalue weighted by Gasteiger charge is 2.29. The molecule has 2 N–H and O–H groups in total. The van der Waals surface area contributed by atoms with Crippen LogP contribution in [-0.2, 0) is 24.9 Å². The predicted octanol–water partition coefficient (Wildman–Crippen LogP) is 2.91. The molecule has 11 nitrogen and oxygen atoms in total. The van der Waals surface area contributed by atoms with E-state index in [1.54, 1.807) is 27.7 Å². The van der Waals surface area contributed by atoms with Crippen LogP contribution in [0, 0.1) is 0 Å². The first kappa shape index (κ1) is 23.1. The molecule has 1 atom stereocenters. The molecule has 0 spiro atoms. The fourth-order valence-electron chi connectivity index (χ4n) is 2.20. The normalized spacial score (nSPS) is 13.0. The molecule has 0 aromatic carbocycles. The predicted molar refractivity (Wildman–Crippen MR) is 101 cm³/mol. The first-order chi connectivity index (χ1) is 12.6. The van der Waals surface area contributed by atoms with Crippen molar-refractivity contribution in [1.29, 1.82) is 0 Å². The minimum atomic E-state index is -3.50. The van der Waals surface area contributed by atoms with Crippen LogP contribution in [0.25, 0.3) is 10.4 Å². The van der Waals surface area contributed by atoms with Crippen molar-refractivity contribution < 1.29 is 18.3 Å². The topological polar surface area (TPSA) is 154 Å². The summed E-state index contributed by atoms with van der Waals surface area (Å²) in [5.74, 6) is 0.114. The van der Waals surface area contributed by atoms with Gasteiger partial charge >= 0.3 is 13.3 Å². The number of hydrogen-bond acceptors (Lipinski definition) is 8. The quantitative estimate of drug-likeness (QED) is 0.244. The summed E-state index contributed by atoms with van der Waals surface area (Å²) in [6.45, 7) is 7.25. The average Bonchev–Trinajstić information content (AvgIpc) is 2.53. The molecule has 0 radical (unpaired) electrons. The minimum absolute atomic E-state index is 0.114. The average molecular weight is 402 g/mol. The number of anilines is 1. The summed E-state index contributed by atoms with van der Waals surface area (Å²) in [6, 6.07) is 1.49. The summed E-state index contributed by atoms with van der Waals surface area (Å²) < 4.78 is 30.8. The van der Waals surface area contributed by atoms with Gasteiger partial charge in [0.2, 0.25) is 0 Å². The second-order valence-electron chi connectivity index (χ2n) is 6.37. The van der Waals surface area contributed by atoms with Crippen LogP contribution in [-0.4, -0.2) is 40.8 Å². The molecule has 0 aliphatic rings. The molecule has 12 heteroatoms. The molecule has 27 heavy (non-hydrogen) atoms. The second kappa shape index (κ2) is 11.1. The number of nitrogens with zero attached hydrogens (tertiary/aromatic N) is 5. The van der Waals surface area contributed by atoms with Crippen LogP contribution < -0.4 is 11.4 Å². The summed E-state index contributed by atoms with van der Waals surface area (Å²) in [5, 5.41) is 3.48. The Hall–Kier alpha value is -1.90. The Balaban J connectivity index is 2.90. The van der Waals surface area contributed by atoms with Crippen molar-refractivity contribution in [1.82, 2.24) is 9.55 Å². The Morgan fingerprint density at radius 3 is 2.48 bits per heavy atom. The van der Waals surface area contributed by atoms with Crippen molar-refractivity contribution in [2.24, 2.45) is 5.11 Å². The lowest BCUT2D eigenvalue weighted by Gasteiger charge is -2.25. The van der Waals surface area contributed by atoms with E-state index in [0.717, 1.165) is 0 Å². The molecule has 0 saturated heterocycles. The summed E-state index contributed by atoms with van der Waals surface area (Å²) in [7, 11) is -3.50. The van der Waals surface area contributed by atoms with E-state index in [4.69, 9.17) is 25.0 Å². The highest BCUT2D eigenvalue weighted by Crippen LogP contribution is 2.50. The molecule has 0 saturated carbocycles. The van der Waals surface area contributed by atoms with Gasteiger partial charge < -0.3 is 19.5 Å². The van der Waals surface area contributed by atoms with Crippen LogP contribution in [0.4, 0.5) is 5.82 Å². The lowest BCUT2D eigenvalue weighted by atomic mass is 10.2. The molecule has 152 valence electrons. The molecule has 1 rings (SSSR count). The number of nitrogen functional groups attached to an aromatic ring is 1. The lowest BCUT2D eigenvalue weighted by Crippen LogP contribution is -2.31. The van der Waals surface area contributed by atoms with Crippen molar-refractivity contribution >= 4 is 13.4 Å². The van der Waals surface area contributed by atoms with E-state index in [1.807, 2.05) is 0 Å². The van der Waals surface area contributed by atoms with Crippen molar-refractivity contribution in [3.05, 3.63) is 33.2 Å². The Bertz CT molecular complexity index is 732. The van der Waals surface area contributed by atoms with E-state index >= 15 is 0 Å². The zero-order valence-corrected chi connectivity index (χ0v) is 16.9. The summed E-state index contributed by atoms with van der Waals surface area (Å²) >= 11 is 0. The van der Waals surface area contributed by atoms with Gasteiger partial charge in [0.05, 0.1) is 24.9 Å². The van der Waals surface area contributed by atoms with Gasteiger partial charge in [0, 0.05) is 17.7 Å². The molecule has 0 aliphatic carbocycles. The standard InChI is InChI=1S/C15H27N6O5P/c1-11(2)25-27(23,26-12(3)4)10-24-13(5-7-18-20-17)9-21-8-6-14(16)19-15(21)22/h6,8,11-13H,5,7,9-10H2,1-4H3,(H2,16,19,22)/t13-/m0/s1. The molecule has 0 bridgehead atoms. The van der Waals surface area contributed by atoms with Crippen LogP contribution in [0.15, 0.2) is 22.2 Å². The van der Waals surface area contributed by atoms with Crippen LogP contribution in [0.5, 0.6) is 0 Å². The van der Waals surface area contributed by atoms with E-state index < -0.39 is 19.4 Å². The lowest BCUT2D eigenvalue weighted by molar-refractivity contribution is 0.0404. The zero-order valence-electron chi connectivity index (χ0n) is 16.0. The van der Waals surface area contributed by atoms with Gasteiger partial charge in [0.25, 0.3) is 0 Å². The molecule has 0 unspecified atom stereocenters. The van der Waals surface area contributed by atoms with Gasteiger partial charge in [-0.2, -0.15) is 4.98 Å². The molecule has 1 aromatic rings. The third-order valence-electron chi connectivity index (χ3n) is 3.12. The van der Waals surface area contributed by atoms with E-state index in [-0.39, 0.29) is 37.5 Å². The fourth-order valence-corrected chi connectivity index (χ4v) is 4.05. The fraction of sp³-hybridized carbons (Fsp3) is 0.733. The monoisotopic (exact) mass is 402 g/mol. The second-order valence-corrected chi connectivity index (χ2v) is 8.27. The van der Waals surface area contributed by atoms with Gasteiger partial charge in [-0.15, -0.1) is 0 Å². The zero-order chi connectivity index (χ0) is 20.4. The van der Waals surface area contributed by atoms with Crippen LogP contribution in [0.3, 0.4) is 0 Å². The van der Waals surface area contributed by atoms with Crippen molar-refractivity contribution in [3.63, 3.8) is 0 Å². The highest BCUT2D eigenvalue weighted by atomic mass is 31.2. The van der Waals surface area contributed by atoms with Crippen molar-refractivity contribution in [2.75, 3.05) is 18.6 Å². The van der Waals surface area contributed by atoms with Crippen LogP contribution in [0.2, 0.25) is 0 Å². The summed E-state index contributed by atoms with van der Waals surface area (Å²) in [6.07, 6.45) is 0.306.